The number of Topliss-reactive ketones (excluding diaryl/α,β-unsaturated/α-hetero) is 1. The number of amides is 1. The number of ketones is 1. The Labute approximate surface area is 156 Å². The second-order valence-corrected chi connectivity index (χ2v) is 6.71. The Balaban J connectivity index is 2.35. The first-order valence-electron chi connectivity index (χ1n) is 8.08. The van der Waals surface area contributed by atoms with Crippen LogP contribution in [0.15, 0.2) is 53.5 Å². The number of nitrogens with two attached hydrogens (primary N) is 2. The summed E-state index contributed by atoms with van der Waals surface area (Å²) >= 11 is 6.17. The topological polar surface area (TPSA) is 102 Å². The van der Waals surface area contributed by atoms with Crippen LogP contribution in [0.4, 0.5) is 5.69 Å². The van der Waals surface area contributed by atoms with E-state index in [9.17, 15) is 9.59 Å². The minimum atomic E-state index is -2.11. The lowest BCUT2D eigenvalue weighted by Gasteiger charge is -2.27. The molecular weight excluding hydrogens is 352 g/mol. The number of aliphatic imine (C=N–C) groups is 1. The van der Waals surface area contributed by atoms with E-state index in [0.717, 1.165) is 0 Å². The summed E-state index contributed by atoms with van der Waals surface area (Å²) in [5, 5.41) is 0.483. The average Bonchev–Trinajstić information content (AvgIpc) is 2.71. The van der Waals surface area contributed by atoms with Crippen LogP contribution < -0.4 is 16.4 Å². The maximum atomic E-state index is 13.0. The van der Waals surface area contributed by atoms with Gasteiger partial charge in [-0.3, -0.25) is 15.3 Å². The van der Waals surface area contributed by atoms with Crippen molar-refractivity contribution in [1.29, 1.82) is 0 Å². The molecule has 0 radical (unpaired) electrons. The highest BCUT2D eigenvalue weighted by Crippen LogP contribution is 2.32. The van der Waals surface area contributed by atoms with E-state index in [4.69, 9.17) is 23.1 Å². The van der Waals surface area contributed by atoms with E-state index in [0.29, 0.717) is 27.5 Å². The molecule has 0 saturated heterocycles. The SMILES string of the molecule is C[C@H](N)C(=O)C1(N)N=C(c2ccccc2)c2cc(Cl)ccc2N(C)C1=O. The van der Waals surface area contributed by atoms with E-state index in [1.54, 1.807) is 25.2 Å². The van der Waals surface area contributed by atoms with E-state index in [2.05, 4.69) is 4.99 Å². The second-order valence-electron chi connectivity index (χ2n) is 6.27. The van der Waals surface area contributed by atoms with Gasteiger partial charge in [0, 0.05) is 23.2 Å². The summed E-state index contributed by atoms with van der Waals surface area (Å²) in [7, 11) is 1.55. The van der Waals surface area contributed by atoms with Crippen molar-refractivity contribution >= 4 is 34.7 Å². The molecule has 0 saturated carbocycles. The minimum Gasteiger partial charge on any atom is -0.322 e. The smallest absolute Gasteiger partial charge is 0.277 e. The standard InChI is InChI=1S/C19H19ClN4O2/c1-11(21)17(25)19(22)18(26)24(2)15-9-8-13(20)10-14(15)16(23-19)12-6-4-3-5-7-12/h3-11H,21-22H2,1-2H3/t11-,19?/m0/s1. The molecule has 0 fully saturated rings. The maximum Gasteiger partial charge on any atom is 0.277 e. The molecule has 1 aliphatic heterocycles. The third-order valence-corrected chi connectivity index (χ3v) is 4.57. The molecule has 2 aromatic rings. The van der Waals surface area contributed by atoms with Crippen LogP contribution in [0.1, 0.15) is 18.1 Å². The molecule has 0 aliphatic carbocycles. The number of likely N-dealkylation sites (N-methyl/N-ethyl adjacent to an activating group) is 1. The van der Waals surface area contributed by atoms with Crippen LogP contribution in [0.2, 0.25) is 5.02 Å². The van der Waals surface area contributed by atoms with Crippen LogP contribution in [0, 0.1) is 0 Å². The lowest BCUT2D eigenvalue weighted by molar-refractivity contribution is -0.134. The minimum absolute atomic E-state index is 0.414. The molecule has 1 heterocycles. The zero-order valence-electron chi connectivity index (χ0n) is 14.4. The largest absolute Gasteiger partial charge is 0.322 e. The highest BCUT2D eigenvalue weighted by atomic mass is 35.5. The number of hydrogen-bond acceptors (Lipinski definition) is 5. The Morgan fingerprint density at radius 1 is 1.23 bits per heavy atom. The number of halogens is 1. The molecule has 7 heteroatoms. The number of rotatable bonds is 3. The number of nitrogens with zero attached hydrogens (tertiary/aromatic N) is 2. The third kappa shape index (κ3) is 2.92. The fourth-order valence-corrected chi connectivity index (χ4v) is 3.14. The van der Waals surface area contributed by atoms with Gasteiger partial charge < -0.3 is 10.6 Å². The van der Waals surface area contributed by atoms with Crippen molar-refractivity contribution in [3.8, 4) is 0 Å². The predicted molar refractivity (Wildman–Crippen MR) is 103 cm³/mol. The summed E-state index contributed by atoms with van der Waals surface area (Å²) in [6, 6.07) is 13.3. The lowest BCUT2D eigenvalue weighted by atomic mass is 9.98. The summed E-state index contributed by atoms with van der Waals surface area (Å²) in [5.41, 5.74) is 12.2. The molecular formula is C19H19ClN4O2. The Morgan fingerprint density at radius 3 is 2.50 bits per heavy atom. The fraction of sp³-hybridized carbons (Fsp3) is 0.211. The lowest BCUT2D eigenvalue weighted by Crippen LogP contribution is -2.62. The summed E-state index contributed by atoms with van der Waals surface area (Å²) < 4.78 is 0. The molecule has 26 heavy (non-hydrogen) atoms. The molecule has 2 aromatic carbocycles. The number of benzodiazepines with no additional fused rings is 1. The first-order chi connectivity index (χ1) is 12.3. The predicted octanol–water partition coefficient (Wildman–Crippen LogP) is 1.73. The third-order valence-electron chi connectivity index (χ3n) is 4.33. The molecule has 0 aromatic heterocycles. The van der Waals surface area contributed by atoms with E-state index < -0.39 is 23.4 Å². The van der Waals surface area contributed by atoms with Crippen molar-refractivity contribution < 1.29 is 9.59 Å². The molecule has 4 N–H and O–H groups in total. The molecule has 2 atom stereocenters. The Morgan fingerprint density at radius 2 is 1.88 bits per heavy atom. The van der Waals surface area contributed by atoms with E-state index >= 15 is 0 Å². The van der Waals surface area contributed by atoms with Crippen LogP contribution in [0.25, 0.3) is 0 Å². The number of carbonyl (C=O) groups is 2. The summed E-state index contributed by atoms with van der Waals surface area (Å²) in [4.78, 5) is 31.5. The van der Waals surface area contributed by atoms with Gasteiger partial charge in [0.05, 0.1) is 17.4 Å². The summed E-state index contributed by atoms with van der Waals surface area (Å²) in [5.74, 6) is -1.30. The van der Waals surface area contributed by atoms with Gasteiger partial charge in [-0.15, -0.1) is 0 Å². The Bertz CT molecular complexity index is 911. The van der Waals surface area contributed by atoms with Crippen molar-refractivity contribution in [3.05, 3.63) is 64.7 Å². The van der Waals surface area contributed by atoms with E-state index in [1.807, 2.05) is 30.3 Å². The van der Waals surface area contributed by atoms with Crippen molar-refractivity contribution in [2.75, 3.05) is 11.9 Å². The van der Waals surface area contributed by atoms with Gasteiger partial charge in [0.15, 0.2) is 0 Å². The molecule has 0 bridgehead atoms. The van der Waals surface area contributed by atoms with Crippen molar-refractivity contribution in [1.82, 2.24) is 0 Å². The van der Waals surface area contributed by atoms with Gasteiger partial charge in [-0.2, -0.15) is 0 Å². The maximum absolute atomic E-state index is 13.0. The first-order valence-corrected chi connectivity index (χ1v) is 8.45. The average molecular weight is 371 g/mol. The Kier molecular flexibility index (Phi) is 4.66. The normalized spacial score (nSPS) is 20.9. The van der Waals surface area contributed by atoms with Crippen molar-refractivity contribution in [2.24, 2.45) is 16.5 Å². The van der Waals surface area contributed by atoms with Gasteiger partial charge in [0.25, 0.3) is 5.91 Å². The highest BCUT2D eigenvalue weighted by Gasteiger charge is 2.47. The number of fused-ring (bicyclic) bond motifs is 1. The molecule has 0 spiro atoms. The van der Waals surface area contributed by atoms with Gasteiger partial charge in [-0.05, 0) is 25.1 Å². The van der Waals surface area contributed by atoms with Gasteiger partial charge in [0.1, 0.15) is 0 Å². The Hall–Kier alpha value is -2.54. The molecule has 134 valence electrons. The number of anilines is 1. The van der Waals surface area contributed by atoms with Crippen LogP contribution >= 0.6 is 11.6 Å². The van der Waals surface area contributed by atoms with Crippen LogP contribution in [-0.2, 0) is 9.59 Å². The first kappa shape index (κ1) is 18.3. The quantitative estimate of drug-likeness (QED) is 0.803. The summed E-state index contributed by atoms with van der Waals surface area (Å²) in [6.45, 7) is 1.48. The van der Waals surface area contributed by atoms with Crippen LogP contribution in [-0.4, -0.2) is 36.2 Å². The number of carbonyl (C=O) groups excluding carboxylic acids is 2. The molecule has 6 nitrogen and oxygen atoms in total. The van der Waals surface area contributed by atoms with Crippen molar-refractivity contribution in [3.63, 3.8) is 0 Å². The summed E-state index contributed by atoms with van der Waals surface area (Å²) in [6.07, 6.45) is 0. The monoisotopic (exact) mass is 370 g/mol. The van der Waals surface area contributed by atoms with Crippen LogP contribution in [0.3, 0.4) is 0 Å². The van der Waals surface area contributed by atoms with Gasteiger partial charge in [-0.1, -0.05) is 41.9 Å². The number of hydrogen-bond donors (Lipinski definition) is 2. The van der Waals surface area contributed by atoms with Gasteiger partial charge >= 0.3 is 0 Å². The van der Waals surface area contributed by atoms with Gasteiger partial charge in [0.2, 0.25) is 11.4 Å². The van der Waals surface area contributed by atoms with Crippen molar-refractivity contribution in [2.45, 2.75) is 18.6 Å². The molecule has 1 unspecified atom stereocenters. The number of benzene rings is 2. The fourth-order valence-electron chi connectivity index (χ4n) is 2.96. The van der Waals surface area contributed by atoms with E-state index in [1.165, 1.54) is 11.8 Å². The molecule has 3 rings (SSSR count). The highest BCUT2D eigenvalue weighted by molar-refractivity contribution is 6.32. The molecule has 1 amide bonds. The van der Waals surface area contributed by atoms with Crippen LogP contribution in [0.5, 0.6) is 0 Å². The molecule has 1 aliphatic rings. The van der Waals surface area contributed by atoms with E-state index in [-0.39, 0.29) is 0 Å². The zero-order valence-corrected chi connectivity index (χ0v) is 15.2. The zero-order chi connectivity index (χ0) is 19.1. The second kappa shape index (κ2) is 6.64. The van der Waals surface area contributed by atoms with Gasteiger partial charge in [-0.25, -0.2) is 4.99 Å².